The Morgan fingerprint density at radius 3 is 2.50 bits per heavy atom. The number of aliphatic hydroxyl groups excluding tert-OH is 1. The molecule has 2 aromatic heterocycles. The Labute approximate surface area is 195 Å². The Kier molecular flexibility index (Phi) is 7.16. The van der Waals surface area contributed by atoms with Gasteiger partial charge < -0.3 is 20.5 Å². The molecule has 180 valence electrons. The van der Waals surface area contributed by atoms with Gasteiger partial charge in [0.25, 0.3) is 0 Å². The fourth-order valence-electron chi connectivity index (χ4n) is 3.74. The minimum absolute atomic E-state index is 0.0523. The van der Waals surface area contributed by atoms with E-state index in [1.54, 1.807) is 18.3 Å². The molecule has 7 nitrogen and oxygen atoms in total. The summed E-state index contributed by atoms with van der Waals surface area (Å²) in [5.41, 5.74) is 0.875. The van der Waals surface area contributed by atoms with Gasteiger partial charge in [0.2, 0.25) is 11.8 Å². The molecule has 1 saturated carbocycles. The average Bonchev–Trinajstić information content (AvgIpc) is 2.81. The number of anilines is 2. The van der Waals surface area contributed by atoms with Crippen molar-refractivity contribution in [1.82, 2.24) is 15.0 Å². The SMILES string of the molecule is Cc1ccc(Oc2ncccc2CNc2ncc(C(F)(F)F)c(NC3CCC(O)CC3)n2)cc1. The standard InChI is InChI=1S/C24H26F3N5O2/c1-15-4-10-19(11-5-15)34-22-16(3-2-12-28-22)13-29-23-30-14-20(24(25,26)27)21(32-23)31-17-6-8-18(33)9-7-17/h2-5,10-12,14,17-18,33H,6-9,13H2,1H3,(H2,29,30,31,32). The lowest BCUT2D eigenvalue weighted by Gasteiger charge is -2.27. The fourth-order valence-corrected chi connectivity index (χ4v) is 3.74. The fraction of sp³-hybridized carbons (Fsp3) is 0.375. The summed E-state index contributed by atoms with van der Waals surface area (Å²) in [5, 5.41) is 15.5. The maximum absolute atomic E-state index is 13.5. The van der Waals surface area contributed by atoms with Crippen LogP contribution in [0.3, 0.4) is 0 Å². The van der Waals surface area contributed by atoms with Gasteiger partial charge in [-0.1, -0.05) is 23.8 Å². The Bertz CT molecular complexity index is 1100. The minimum atomic E-state index is -4.59. The molecule has 2 heterocycles. The molecule has 0 amide bonds. The summed E-state index contributed by atoms with van der Waals surface area (Å²) < 4.78 is 46.5. The molecular formula is C24H26F3N5O2. The summed E-state index contributed by atoms with van der Waals surface area (Å²) in [4.78, 5) is 12.3. The lowest BCUT2D eigenvalue weighted by Crippen LogP contribution is -2.29. The topological polar surface area (TPSA) is 92.2 Å². The third kappa shape index (κ3) is 6.13. The van der Waals surface area contributed by atoms with Gasteiger partial charge in [0.05, 0.1) is 6.10 Å². The van der Waals surface area contributed by atoms with Gasteiger partial charge in [-0.25, -0.2) is 9.97 Å². The lowest BCUT2D eigenvalue weighted by molar-refractivity contribution is -0.137. The molecule has 4 rings (SSSR count). The minimum Gasteiger partial charge on any atom is -0.439 e. The monoisotopic (exact) mass is 473 g/mol. The number of pyridine rings is 1. The number of hydrogen-bond donors (Lipinski definition) is 3. The Morgan fingerprint density at radius 2 is 1.79 bits per heavy atom. The van der Waals surface area contributed by atoms with Crippen LogP contribution in [0.15, 0.2) is 48.8 Å². The van der Waals surface area contributed by atoms with Crippen LogP contribution in [0, 0.1) is 6.92 Å². The van der Waals surface area contributed by atoms with Gasteiger partial charge >= 0.3 is 6.18 Å². The van der Waals surface area contributed by atoms with E-state index in [2.05, 4.69) is 25.6 Å². The first-order valence-corrected chi connectivity index (χ1v) is 11.1. The van der Waals surface area contributed by atoms with Crippen molar-refractivity contribution in [1.29, 1.82) is 0 Å². The van der Waals surface area contributed by atoms with Gasteiger partial charge in [-0.2, -0.15) is 18.2 Å². The summed E-state index contributed by atoms with van der Waals surface area (Å²) >= 11 is 0. The smallest absolute Gasteiger partial charge is 0.421 e. The number of hydrogen-bond acceptors (Lipinski definition) is 7. The number of rotatable bonds is 7. The predicted octanol–water partition coefficient (Wildman–Crippen LogP) is 5.32. The normalized spacial score (nSPS) is 18.4. The molecule has 0 atom stereocenters. The van der Waals surface area contributed by atoms with Gasteiger partial charge in [0.15, 0.2) is 0 Å². The second kappa shape index (κ2) is 10.3. The number of aryl methyl sites for hydroxylation is 1. The van der Waals surface area contributed by atoms with Crippen LogP contribution in [0.5, 0.6) is 11.6 Å². The van der Waals surface area contributed by atoms with Crippen LogP contribution in [0.4, 0.5) is 24.9 Å². The summed E-state index contributed by atoms with van der Waals surface area (Å²) in [7, 11) is 0. The zero-order valence-electron chi connectivity index (χ0n) is 18.6. The summed E-state index contributed by atoms with van der Waals surface area (Å²) in [6, 6.07) is 10.9. The van der Waals surface area contributed by atoms with Crippen LogP contribution < -0.4 is 15.4 Å². The van der Waals surface area contributed by atoms with Crippen LogP contribution in [0.25, 0.3) is 0 Å². The summed E-state index contributed by atoms with van der Waals surface area (Å²) in [6.07, 6.45) is -0.389. The number of aliphatic hydroxyl groups is 1. The van der Waals surface area contributed by atoms with Crippen molar-refractivity contribution in [3.8, 4) is 11.6 Å². The molecule has 1 aromatic carbocycles. The largest absolute Gasteiger partial charge is 0.439 e. The highest BCUT2D eigenvalue weighted by Crippen LogP contribution is 2.35. The second-order valence-corrected chi connectivity index (χ2v) is 8.34. The van der Waals surface area contributed by atoms with Gasteiger partial charge in [-0.05, 0) is 50.8 Å². The van der Waals surface area contributed by atoms with Gasteiger partial charge in [-0.3, -0.25) is 0 Å². The first-order valence-electron chi connectivity index (χ1n) is 11.1. The van der Waals surface area contributed by atoms with Gasteiger partial charge in [0, 0.05) is 30.5 Å². The third-order valence-electron chi connectivity index (χ3n) is 5.65. The van der Waals surface area contributed by atoms with Crippen molar-refractivity contribution in [2.24, 2.45) is 0 Å². The third-order valence-corrected chi connectivity index (χ3v) is 5.65. The molecule has 0 bridgehead atoms. The van der Waals surface area contributed by atoms with Crippen LogP contribution in [-0.4, -0.2) is 32.2 Å². The predicted molar refractivity (Wildman–Crippen MR) is 122 cm³/mol. The van der Waals surface area contributed by atoms with E-state index in [1.807, 2.05) is 31.2 Å². The van der Waals surface area contributed by atoms with Crippen LogP contribution in [0.1, 0.15) is 42.4 Å². The molecule has 1 aliphatic carbocycles. The molecule has 0 unspecified atom stereocenters. The van der Waals surface area contributed by atoms with E-state index in [0.717, 1.165) is 11.8 Å². The molecule has 3 aromatic rings. The number of nitrogens with one attached hydrogen (secondary N) is 2. The van der Waals surface area contributed by atoms with Crippen LogP contribution in [-0.2, 0) is 12.7 Å². The van der Waals surface area contributed by atoms with E-state index in [9.17, 15) is 18.3 Å². The lowest BCUT2D eigenvalue weighted by atomic mass is 9.93. The van der Waals surface area contributed by atoms with E-state index in [0.29, 0.717) is 42.9 Å². The molecule has 3 N–H and O–H groups in total. The highest BCUT2D eigenvalue weighted by molar-refractivity contribution is 5.50. The van der Waals surface area contributed by atoms with E-state index < -0.39 is 17.8 Å². The molecule has 10 heteroatoms. The number of halogens is 3. The van der Waals surface area contributed by atoms with Crippen molar-refractivity contribution < 1.29 is 23.0 Å². The van der Waals surface area contributed by atoms with Crippen molar-refractivity contribution in [3.05, 3.63) is 65.5 Å². The molecule has 1 aliphatic rings. The zero-order valence-corrected chi connectivity index (χ0v) is 18.6. The number of benzene rings is 1. The van der Waals surface area contributed by atoms with Gasteiger partial charge in [-0.15, -0.1) is 0 Å². The zero-order chi connectivity index (χ0) is 24.1. The first-order chi connectivity index (χ1) is 16.3. The first kappa shape index (κ1) is 23.7. The Hall–Kier alpha value is -3.40. The van der Waals surface area contributed by atoms with E-state index in [4.69, 9.17) is 4.74 Å². The van der Waals surface area contributed by atoms with E-state index >= 15 is 0 Å². The maximum atomic E-state index is 13.5. The Balaban J connectivity index is 1.49. The van der Waals surface area contributed by atoms with E-state index in [-0.39, 0.29) is 24.4 Å². The molecule has 34 heavy (non-hydrogen) atoms. The maximum Gasteiger partial charge on any atom is 0.421 e. The quantitative estimate of drug-likeness (QED) is 0.428. The van der Waals surface area contributed by atoms with E-state index in [1.165, 1.54) is 0 Å². The van der Waals surface area contributed by atoms with Crippen molar-refractivity contribution in [2.45, 2.75) is 57.5 Å². The number of nitrogens with zero attached hydrogens (tertiary/aromatic N) is 3. The van der Waals surface area contributed by atoms with Gasteiger partial charge in [0.1, 0.15) is 17.1 Å². The molecular weight excluding hydrogens is 447 g/mol. The highest BCUT2D eigenvalue weighted by atomic mass is 19.4. The second-order valence-electron chi connectivity index (χ2n) is 8.34. The van der Waals surface area contributed by atoms with Crippen molar-refractivity contribution >= 4 is 11.8 Å². The number of alkyl halides is 3. The highest BCUT2D eigenvalue weighted by Gasteiger charge is 2.36. The molecule has 0 radical (unpaired) electrons. The van der Waals surface area contributed by atoms with Crippen LogP contribution in [0.2, 0.25) is 0 Å². The van der Waals surface area contributed by atoms with Crippen molar-refractivity contribution in [3.63, 3.8) is 0 Å². The Morgan fingerprint density at radius 1 is 1.06 bits per heavy atom. The summed E-state index contributed by atoms with van der Waals surface area (Å²) in [5.74, 6) is 0.787. The average molecular weight is 473 g/mol. The molecule has 0 saturated heterocycles. The molecule has 1 fully saturated rings. The van der Waals surface area contributed by atoms with Crippen LogP contribution >= 0.6 is 0 Å². The summed E-state index contributed by atoms with van der Waals surface area (Å²) in [6.45, 7) is 2.18. The number of ether oxygens (including phenoxy) is 1. The number of aromatic nitrogens is 3. The molecule has 0 spiro atoms. The molecule has 0 aliphatic heterocycles. The van der Waals surface area contributed by atoms with Crippen molar-refractivity contribution in [2.75, 3.05) is 10.6 Å².